The van der Waals surface area contributed by atoms with Crippen LogP contribution in [-0.2, 0) is 10.3 Å². The summed E-state index contributed by atoms with van der Waals surface area (Å²) in [5, 5.41) is 0. The molecule has 0 spiro atoms. The lowest BCUT2D eigenvalue weighted by molar-refractivity contribution is 0.329. The minimum atomic E-state index is -0.0684. The molecule has 2 aliphatic heterocycles. The van der Waals surface area contributed by atoms with Crippen molar-refractivity contribution in [2.24, 2.45) is 0 Å². The monoisotopic (exact) mass is 218 g/mol. The lowest BCUT2D eigenvalue weighted by Crippen LogP contribution is -2.31. The Morgan fingerprint density at radius 2 is 2.06 bits per heavy atom. The van der Waals surface area contributed by atoms with Crippen LogP contribution < -0.4 is 4.90 Å². The minimum Gasteiger partial charge on any atom is -0.365 e. The van der Waals surface area contributed by atoms with Crippen molar-refractivity contribution in [3.05, 3.63) is 23.9 Å². The van der Waals surface area contributed by atoms with Gasteiger partial charge in [0.05, 0.1) is 6.61 Å². The van der Waals surface area contributed by atoms with E-state index in [1.165, 1.54) is 24.8 Å². The summed E-state index contributed by atoms with van der Waals surface area (Å²) in [7, 11) is 0. The van der Waals surface area contributed by atoms with Crippen LogP contribution in [0.4, 0.5) is 5.82 Å². The van der Waals surface area contributed by atoms with Crippen LogP contribution in [-0.4, -0.2) is 24.7 Å². The van der Waals surface area contributed by atoms with Gasteiger partial charge in [-0.05, 0) is 32.3 Å². The van der Waals surface area contributed by atoms with Crippen molar-refractivity contribution in [1.29, 1.82) is 0 Å². The molecule has 1 unspecified atom stereocenters. The molecule has 0 amide bonds. The molecule has 1 aromatic heterocycles. The van der Waals surface area contributed by atoms with Gasteiger partial charge in [-0.15, -0.1) is 0 Å². The molecule has 3 heterocycles. The molecule has 0 aliphatic carbocycles. The lowest BCUT2D eigenvalue weighted by Gasteiger charge is -2.30. The maximum atomic E-state index is 5.55. The Balaban J connectivity index is 1.93. The molecule has 3 rings (SSSR count). The van der Waals surface area contributed by atoms with Gasteiger partial charge in [-0.1, -0.05) is 6.07 Å². The fourth-order valence-electron chi connectivity index (χ4n) is 2.43. The van der Waals surface area contributed by atoms with Crippen LogP contribution in [0.15, 0.2) is 18.3 Å². The van der Waals surface area contributed by atoms with Crippen LogP contribution in [0, 0.1) is 0 Å². The fourth-order valence-corrected chi connectivity index (χ4v) is 2.43. The van der Waals surface area contributed by atoms with Gasteiger partial charge in [0.2, 0.25) is 0 Å². The Hall–Kier alpha value is -1.09. The zero-order valence-electron chi connectivity index (χ0n) is 9.78. The Kier molecular flexibility index (Phi) is 2.36. The zero-order valence-corrected chi connectivity index (χ0v) is 9.78. The molecule has 3 nitrogen and oxygen atoms in total. The molecule has 1 atom stereocenters. The average molecular weight is 218 g/mol. The van der Waals surface area contributed by atoms with Crippen LogP contribution in [0.1, 0.15) is 31.7 Å². The minimum absolute atomic E-state index is 0.0684. The summed E-state index contributed by atoms with van der Waals surface area (Å²) in [6.07, 6.45) is 5.81. The second-order valence-corrected chi connectivity index (χ2v) is 4.94. The van der Waals surface area contributed by atoms with Crippen LogP contribution in [0.3, 0.4) is 0 Å². The van der Waals surface area contributed by atoms with Gasteiger partial charge in [-0.3, -0.25) is 0 Å². The molecule has 0 saturated carbocycles. The Morgan fingerprint density at radius 3 is 2.75 bits per heavy atom. The van der Waals surface area contributed by atoms with Crippen LogP contribution in [0.5, 0.6) is 0 Å². The zero-order chi connectivity index (χ0) is 11.0. The summed E-state index contributed by atoms with van der Waals surface area (Å²) in [6, 6.07) is 4.17. The number of ether oxygens (including phenoxy) is 1. The molecule has 2 fully saturated rings. The van der Waals surface area contributed by atoms with E-state index >= 15 is 0 Å². The standard InChI is InChI=1S/C13H18N2O/c1-13(10-16-13)11-6-5-7-14-12(11)15-8-3-2-4-9-15/h5-7H,2-4,8-10H2,1H3. The summed E-state index contributed by atoms with van der Waals surface area (Å²) >= 11 is 0. The number of pyridine rings is 1. The average Bonchev–Trinajstić information content (AvgIpc) is 3.10. The second-order valence-electron chi connectivity index (χ2n) is 4.94. The topological polar surface area (TPSA) is 28.7 Å². The van der Waals surface area contributed by atoms with Gasteiger partial charge in [0, 0.05) is 24.8 Å². The van der Waals surface area contributed by atoms with Gasteiger partial charge in [-0.25, -0.2) is 4.98 Å². The highest BCUT2D eigenvalue weighted by molar-refractivity contribution is 5.51. The predicted octanol–water partition coefficient (Wildman–Crippen LogP) is 2.32. The van der Waals surface area contributed by atoms with E-state index in [9.17, 15) is 0 Å². The smallest absolute Gasteiger partial charge is 0.134 e. The fraction of sp³-hybridized carbons (Fsp3) is 0.615. The molecule has 86 valence electrons. The van der Waals surface area contributed by atoms with Crippen LogP contribution in [0.2, 0.25) is 0 Å². The number of hydrogen-bond donors (Lipinski definition) is 0. The van der Waals surface area contributed by atoms with E-state index in [1.54, 1.807) is 0 Å². The first-order chi connectivity index (χ1) is 7.80. The number of hydrogen-bond acceptors (Lipinski definition) is 3. The lowest BCUT2D eigenvalue weighted by atomic mass is 10.0. The second kappa shape index (κ2) is 3.74. The summed E-state index contributed by atoms with van der Waals surface area (Å²) in [4.78, 5) is 6.96. The summed E-state index contributed by atoms with van der Waals surface area (Å²) in [5.74, 6) is 1.14. The van der Waals surface area contributed by atoms with Crippen molar-refractivity contribution in [3.63, 3.8) is 0 Å². The van der Waals surface area contributed by atoms with Gasteiger partial charge < -0.3 is 9.64 Å². The first-order valence-electron chi connectivity index (χ1n) is 6.14. The van der Waals surface area contributed by atoms with E-state index in [0.717, 1.165) is 25.5 Å². The first kappa shape index (κ1) is 10.1. The van der Waals surface area contributed by atoms with Crippen LogP contribution >= 0.6 is 0 Å². The molecule has 2 saturated heterocycles. The van der Waals surface area contributed by atoms with E-state index in [1.807, 2.05) is 12.3 Å². The molecular formula is C13H18N2O. The molecule has 0 aromatic carbocycles. The van der Waals surface area contributed by atoms with Crippen molar-refractivity contribution in [1.82, 2.24) is 4.98 Å². The highest BCUT2D eigenvalue weighted by atomic mass is 16.6. The number of anilines is 1. The largest absolute Gasteiger partial charge is 0.365 e. The molecule has 1 aromatic rings. The molecule has 16 heavy (non-hydrogen) atoms. The third-order valence-electron chi connectivity index (χ3n) is 3.59. The molecule has 0 bridgehead atoms. The highest BCUT2D eigenvalue weighted by Crippen LogP contribution is 2.42. The third-order valence-corrected chi connectivity index (χ3v) is 3.59. The van der Waals surface area contributed by atoms with E-state index < -0.39 is 0 Å². The maximum Gasteiger partial charge on any atom is 0.134 e. The van der Waals surface area contributed by atoms with Gasteiger partial charge in [0.1, 0.15) is 11.4 Å². The molecular weight excluding hydrogens is 200 g/mol. The molecule has 2 aliphatic rings. The van der Waals surface area contributed by atoms with Gasteiger partial charge in [0.15, 0.2) is 0 Å². The van der Waals surface area contributed by atoms with E-state index in [2.05, 4.69) is 22.9 Å². The Labute approximate surface area is 96.4 Å². The maximum absolute atomic E-state index is 5.55. The van der Waals surface area contributed by atoms with Crippen molar-refractivity contribution in [3.8, 4) is 0 Å². The van der Waals surface area contributed by atoms with Gasteiger partial charge >= 0.3 is 0 Å². The number of aromatic nitrogens is 1. The summed E-state index contributed by atoms with van der Waals surface area (Å²) < 4.78 is 5.55. The molecule has 3 heteroatoms. The van der Waals surface area contributed by atoms with Crippen molar-refractivity contribution >= 4 is 5.82 Å². The number of epoxide rings is 1. The number of piperidine rings is 1. The van der Waals surface area contributed by atoms with Crippen LogP contribution in [0.25, 0.3) is 0 Å². The van der Waals surface area contributed by atoms with E-state index in [0.29, 0.717) is 0 Å². The van der Waals surface area contributed by atoms with Gasteiger partial charge in [-0.2, -0.15) is 0 Å². The normalized spacial score (nSPS) is 29.2. The van der Waals surface area contributed by atoms with E-state index in [-0.39, 0.29) is 5.60 Å². The third kappa shape index (κ3) is 1.69. The summed E-state index contributed by atoms with van der Waals surface area (Å²) in [5.41, 5.74) is 1.19. The molecule has 0 radical (unpaired) electrons. The van der Waals surface area contributed by atoms with Crippen molar-refractivity contribution in [2.45, 2.75) is 31.8 Å². The van der Waals surface area contributed by atoms with Crippen molar-refractivity contribution in [2.75, 3.05) is 24.6 Å². The van der Waals surface area contributed by atoms with Crippen molar-refractivity contribution < 1.29 is 4.74 Å². The predicted molar refractivity (Wildman–Crippen MR) is 63.6 cm³/mol. The SMILES string of the molecule is CC1(c2cccnc2N2CCCCC2)CO1. The Bertz CT molecular complexity index is 381. The molecule has 0 N–H and O–H groups in total. The first-order valence-corrected chi connectivity index (χ1v) is 6.14. The summed E-state index contributed by atoms with van der Waals surface area (Å²) in [6.45, 7) is 5.26. The number of rotatable bonds is 2. The Morgan fingerprint density at radius 1 is 1.31 bits per heavy atom. The van der Waals surface area contributed by atoms with Gasteiger partial charge in [0.25, 0.3) is 0 Å². The quantitative estimate of drug-likeness (QED) is 0.713. The highest BCUT2D eigenvalue weighted by Gasteiger charge is 2.44. The van der Waals surface area contributed by atoms with E-state index in [4.69, 9.17) is 4.74 Å². The number of nitrogens with zero attached hydrogens (tertiary/aromatic N) is 2.